The zero-order chi connectivity index (χ0) is 29.7. The summed E-state index contributed by atoms with van der Waals surface area (Å²) in [6.45, 7) is 9.13. The summed E-state index contributed by atoms with van der Waals surface area (Å²) in [5.41, 5.74) is 4.60. The number of piperidine rings is 1. The van der Waals surface area contributed by atoms with Crippen molar-refractivity contribution in [2.45, 2.75) is 63.8 Å². The van der Waals surface area contributed by atoms with Gasteiger partial charge in [0.1, 0.15) is 16.2 Å². The quantitative estimate of drug-likeness (QED) is 0.209. The number of nitrogens with zero attached hydrogens (tertiary/aromatic N) is 6. The molecule has 218 valence electrons. The largest absolute Gasteiger partial charge is 0.490 e. The summed E-state index contributed by atoms with van der Waals surface area (Å²) < 4.78 is 31.7. The summed E-state index contributed by atoms with van der Waals surface area (Å²) >= 11 is 3.22. The maximum atomic E-state index is 10.6. The number of fused-ring (bicyclic) bond motifs is 2. The normalized spacial score (nSPS) is 17.0. The lowest BCUT2D eigenvalue weighted by molar-refractivity contribution is -0.192. The molecule has 41 heavy (non-hydrogen) atoms. The van der Waals surface area contributed by atoms with Crippen LogP contribution in [0.1, 0.15) is 40.5 Å². The van der Waals surface area contributed by atoms with E-state index in [9.17, 15) is 13.2 Å². The van der Waals surface area contributed by atoms with E-state index in [1.54, 1.807) is 35.2 Å². The second-order valence-corrected chi connectivity index (χ2v) is 13.1. The summed E-state index contributed by atoms with van der Waals surface area (Å²) in [5.74, 6) is -2.76. The molecule has 0 amide bonds. The van der Waals surface area contributed by atoms with Gasteiger partial charge in [0.2, 0.25) is 0 Å². The van der Waals surface area contributed by atoms with E-state index in [0.29, 0.717) is 6.04 Å². The molecule has 5 aromatic rings. The van der Waals surface area contributed by atoms with Crippen LogP contribution in [0.4, 0.5) is 18.3 Å². The number of aromatic nitrogens is 7. The predicted octanol–water partition coefficient (Wildman–Crippen LogP) is 5.46. The first kappa shape index (κ1) is 28.9. The summed E-state index contributed by atoms with van der Waals surface area (Å²) in [6.07, 6.45) is 4.24. The van der Waals surface area contributed by atoms with Gasteiger partial charge in [-0.3, -0.25) is 10.1 Å². The molecular formula is C25H28F3N9O2S2. The molecule has 16 heteroatoms. The summed E-state index contributed by atoms with van der Waals surface area (Å²) in [6, 6.07) is 0.423. The van der Waals surface area contributed by atoms with Crippen molar-refractivity contribution in [2.75, 3.05) is 11.9 Å². The van der Waals surface area contributed by atoms with E-state index < -0.39 is 12.1 Å². The molecule has 1 saturated heterocycles. The Morgan fingerprint density at radius 3 is 2.32 bits per heavy atom. The Morgan fingerprint density at radius 1 is 1.07 bits per heavy atom. The number of imidazole rings is 1. The number of carbonyl (C=O) groups is 1. The Balaban J connectivity index is 0.000000431. The molecule has 11 nitrogen and oxygen atoms in total. The van der Waals surface area contributed by atoms with Crippen LogP contribution in [0, 0.1) is 0 Å². The van der Waals surface area contributed by atoms with Crippen LogP contribution in [-0.4, -0.2) is 76.5 Å². The van der Waals surface area contributed by atoms with Gasteiger partial charge in [0.25, 0.3) is 0 Å². The minimum absolute atomic E-state index is 0.0873. The smallest absolute Gasteiger partial charge is 0.475 e. The Kier molecular flexibility index (Phi) is 7.28. The molecule has 1 aliphatic heterocycles. The Bertz CT molecular complexity index is 1640. The average Bonchev–Trinajstić information content (AvgIpc) is 3.65. The third kappa shape index (κ3) is 6.04. The molecule has 6 heterocycles. The lowest BCUT2D eigenvalue weighted by Crippen LogP contribution is -2.61. The third-order valence-corrected chi connectivity index (χ3v) is 8.82. The number of H-pyrrole nitrogens is 2. The van der Waals surface area contributed by atoms with Gasteiger partial charge in [-0.1, -0.05) is 22.7 Å². The standard InChI is InChI=1S/C23H27N9S2.C2HF3O2/c1-22(2)6-13(7-23(3,4)31-22)32(5)21-30-20-19(34-21)29-18(33-20)17-16-15(25-11-26-16)14(10-24-17)12-8-27-28-9-12;3-2(4,5)1(6)7/h8-11,13,31H,6-7H2,1-5H3,(H,25,26)(H,27,28);(H,6,7). The number of aromatic amines is 2. The van der Waals surface area contributed by atoms with Crippen LogP contribution in [0.3, 0.4) is 0 Å². The highest BCUT2D eigenvalue weighted by molar-refractivity contribution is 7.29. The van der Waals surface area contributed by atoms with Crippen LogP contribution in [0.25, 0.3) is 42.5 Å². The fraction of sp³-hybridized carbons (Fsp3) is 0.440. The number of rotatable bonds is 4. The van der Waals surface area contributed by atoms with Crippen LogP contribution in [-0.2, 0) is 4.79 Å². The summed E-state index contributed by atoms with van der Waals surface area (Å²) in [5, 5.41) is 19.7. The van der Waals surface area contributed by atoms with Crippen LogP contribution >= 0.6 is 22.7 Å². The predicted molar refractivity (Wildman–Crippen MR) is 152 cm³/mol. The van der Waals surface area contributed by atoms with E-state index in [0.717, 1.165) is 60.5 Å². The van der Waals surface area contributed by atoms with Gasteiger partial charge in [-0.2, -0.15) is 18.3 Å². The lowest BCUT2D eigenvalue weighted by Gasteiger charge is -2.48. The van der Waals surface area contributed by atoms with Crippen LogP contribution in [0.2, 0.25) is 0 Å². The third-order valence-electron chi connectivity index (χ3n) is 6.69. The molecule has 6 rings (SSSR count). The Hall–Kier alpha value is -3.63. The molecular weight excluding hydrogens is 579 g/mol. The van der Waals surface area contributed by atoms with Gasteiger partial charge >= 0.3 is 12.1 Å². The molecule has 0 aromatic carbocycles. The number of anilines is 1. The van der Waals surface area contributed by atoms with E-state index in [1.165, 1.54) is 0 Å². The monoisotopic (exact) mass is 607 g/mol. The van der Waals surface area contributed by atoms with Crippen molar-refractivity contribution < 1.29 is 23.1 Å². The van der Waals surface area contributed by atoms with E-state index in [1.807, 2.05) is 12.4 Å². The fourth-order valence-corrected chi connectivity index (χ4v) is 7.36. The first-order valence-electron chi connectivity index (χ1n) is 12.5. The van der Waals surface area contributed by atoms with Crippen molar-refractivity contribution in [3.63, 3.8) is 0 Å². The zero-order valence-corrected chi connectivity index (χ0v) is 24.4. The number of halogens is 3. The van der Waals surface area contributed by atoms with Gasteiger partial charge in [-0.15, -0.1) is 0 Å². The molecule has 1 fully saturated rings. The fourth-order valence-electron chi connectivity index (χ4n) is 5.29. The SMILES string of the molecule is CN(c1nc2sc(-c3ncc(-c4cn[nH]c4)c4[nH]cnc34)nc2s1)C1CC(C)(C)NC(C)(C)C1.O=C(O)C(F)(F)F. The van der Waals surface area contributed by atoms with E-state index >= 15 is 0 Å². The number of thiazole rings is 2. The van der Waals surface area contributed by atoms with Gasteiger partial charge in [-0.05, 0) is 40.5 Å². The lowest BCUT2D eigenvalue weighted by atomic mass is 9.79. The molecule has 0 atom stereocenters. The number of hydrogen-bond acceptors (Lipinski definition) is 10. The van der Waals surface area contributed by atoms with Crippen molar-refractivity contribution in [2.24, 2.45) is 0 Å². The van der Waals surface area contributed by atoms with E-state index in [-0.39, 0.29) is 11.1 Å². The highest BCUT2D eigenvalue weighted by Crippen LogP contribution is 2.40. The second-order valence-electron chi connectivity index (χ2n) is 11.1. The van der Waals surface area contributed by atoms with Gasteiger partial charge < -0.3 is 20.3 Å². The van der Waals surface area contributed by atoms with Crippen LogP contribution in [0.5, 0.6) is 0 Å². The average molecular weight is 608 g/mol. The van der Waals surface area contributed by atoms with Crippen molar-refractivity contribution in [1.82, 2.24) is 40.4 Å². The van der Waals surface area contributed by atoms with Crippen molar-refractivity contribution in [3.8, 4) is 21.8 Å². The van der Waals surface area contributed by atoms with Crippen molar-refractivity contribution in [1.29, 1.82) is 0 Å². The van der Waals surface area contributed by atoms with Crippen molar-refractivity contribution >= 4 is 54.5 Å². The highest BCUT2D eigenvalue weighted by atomic mass is 32.1. The number of hydrogen-bond donors (Lipinski definition) is 4. The van der Waals surface area contributed by atoms with E-state index in [4.69, 9.17) is 24.9 Å². The summed E-state index contributed by atoms with van der Waals surface area (Å²) in [4.78, 5) is 35.5. The van der Waals surface area contributed by atoms with Gasteiger partial charge in [0.15, 0.2) is 14.8 Å². The van der Waals surface area contributed by atoms with E-state index in [2.05, 4.69) is 65.1 Å². The zero-order valence-electron chi connectivity index (χ0n) is 22.8. The van der Waals surface area contributed by atoms with Crippen LogP contribution in [0.15, 0.2) is 24.9 Å². The highest BCUT2D eigenvalue weighted by Gasteiger charge is 2.40. The van der Waals surface area contributed by atoms with Crippen LogP contribution < -0.4 is 10.2 Å². The topological polar surface area (TPSA) is 149 Å². The van der Waals surface area contributed by atoms with Crippen molar-refractivity contribution in [3.05, 3.63) is 24.9 Å². The number of alkyl halides is 3. The number of aliphatic carboxylic acids is 1. The number of carboxylic acid groups (broad SMARTS) is 1. The molecule has 0 saturated carbocycles. The molecule has 0 aliphatic carbocycles. The minimum atomic E-state index is -5.08. The molecule has 0 spiro atoms. The Labute approximate surface area is 240 Å². The maximum Gasteiger partial charge on any atom is 0.490 e. The van der Waals surface area contributed by atoms with Gasteiger partial charge in [0, 0.05) is 47.7 Å². The maximum absolute atomic E-state index is 10.6. The first-order chi connectivity index (χ1) is 19.1. The molecule has 0 bridgehead atoms. The summed E-state index contributed by atoms with van der Waals surface area (Å²) in [7, 11) is 2.16. The molecule has 0 radical (unpaired) electrons. The molecule has 5 aromatic heterocycles. The minimum Gasteiger partial charge on any atom is -0.475 e. The first-order valence-corrected chi connectivity index (χ1v) is 14.2. The second kappa shape index (κ2) is 10.3. The number of pyridine rings is 1. The molecule has 4 N–H and O–H groups in total. The Morgan fingerprint density at radius 2 is 1.73 bits per heavy atom. The molecule has 0 unspecified atom stereocenters. The number of nitrogens with one attached hydrogen (secondary N) is 3. The molecule has 1 aliphatic rings. The van der Waals surface area contributed by atoms with Gasteiger partial charge in [0.05, 0.1) is 18.0 Å². The number of carboxylic acids is 1. The van der Waals surface area contributed by atoms with Gasteiger partial charge in [-0.25, -0.2) is 19.7 Å².